The molecule has 0 bridgehead atoms. The van der Waals surface area contributed by atoms with Gasteiger partial charge in [-0.05, 0) is 25.2 Å². The van der Waals surface area contributed by atoms with Crippen molar-refractivity contribution in [2.45, 2.75) is 52.0 Å². The Balaban J connectivity index is 2.15. The lowest BCUT2D eigenvalue weighted by molar-refractivity contribution is 0.0665. The summed E-state index contributed by atoms with van der Waals surface area (Å²) in [6, 6.07) is 0.340. The van der Waals surface area contributed by atoms with E-state index in [1.807, 2.05) is 4.90 Å². The highest BCUT2D eigenvalue weighted by atomic mass is 16.2. The third kappa shape index (κ3) is 4.14. The van der Waals surface area contributed by atoms with Crippen molar-refractivity contribution < 1.29 is 4.79 Å². The van der Waals surface area contributed by atoms with Gasteiger partial charge in [0.05, 0.1) is 12.4 Å². The number of nitrogens with one attached hydrogen (secondary N) is 1. The molecule has 1 aromatic rings. The summed E-state index contributed by atoms with van der Waals surface area (Å²) in [6.07, 6.45) is 8.60. The van der Waals surface area contributed by atoms with Crippen molar-refractivity contribution in [1.29, 1.82) is 0 Å². The van der Waals surface area contributed by atoms with E-state index in [2.05, 4.69) is 29.2 Å². The van der Waals surface area contributed by atoms with Crippen molar-refractivity contribution in [3.8, 4) is 0 Å². The van der Waals surface area contributed by atoms with E-state index in [-0.39, 0.29) is 5.91 Å². The van der Waals surface area contributed by atoms with Gasteiger partial charge in [0.15, 0.2) is 5.82 Å². The quantitative estimate of drug-likeness (QED) is 0.620. The molecule has 0 atom stereocenters. The Morgan fingerprint density at radius 1 is 1.43 bits per heavy atom. The molecule has 6 nitrogen and oxygen atoms in total. The first-order valence-corrected chi connectivity index (χ1v) is 7.71. The van der Waals surface area contributed by atoms with Gasteiger partial charge < -0.3 is 10.3 Å². The number of aromatic nitrogens is 2. The summed E-state index contributed by atoms with van der Waals surface area (Å²) in [5, 5.41) is 0. The maximum atomic E-state index is 12.8. The number of nitrogen functional groups attached to an aromatic ring is 1. The average molecular weight is 291 g/mol. The molecule has 0 spiro atoms. The highest BCUT2D eigenvalue weighted by Gasteiger charge is 2.28. The summed E-state index contributed by atoms with van der Waals surface area (Å²) in [4.78, 5) is 23.0. The minimum atomic E-state index is -0.0350. The molecule has 1 saturated carbocycles. The van der Waals surface area contributed by atoms with Crippen LogP contribution >= 0.6 is 0 Å². The number of anilines is 1. The van der Waals surface area contributed by atoms with Crippen molar-refractivity contribution >= 4 is 11.7 Å². The first kappa shape index (κ1) is 15.7. The van der Waals surface area contributed by atoms with Gasteiger partial charge in [-0.1, -0.05) is 26.7 Å². The summed E-state index contributed by atoms with van der Waals surface area (Å²) >= 11 is 0. The van der Waals surface area contributed by atoms with Crippen molar-refractivity contribution in [3.63, 3.8) is 0 Å². The Bertz CT molecular complexity index is 471. The van der Waals surface area contributed by atoms with E-state index in [1.165, 1.54) is 25.2 Å². The number of hydrogen-bond donors (Lipinski definition) is 2. The van der Waals surface area contributed by atoms with Crippen LogP contribution in [-0.2, 0) is 0 Å². The second-order valence-corrected chi connectivity index (χ2v) is 6.05. The lowest BCUT2D eigenvalue weighted by Crippen LogP contribution is -2.40. The van der Waals surface area contributed by atoms with Crippen LogP contribution in [0.25, 0.3) is 0 Å². The molecule has 1 fully saturated rings. The Kier molecular flexibility index (Phi) is 5.50. The monoisotopic (exact) mass is 291 g/mol. The zero-order valence-corrected chi connectivity index (χ0v) is 12.9. The molecule has 1 amide bonds. The summed E-state index contributed by atoms with van der Waals surface area (Å²) < 4.78 is 0. The maximum Gasteiger partial charge on any atom is 0.274 e. The van der Waals surface area contributed by atoms with Gasteiger partial charge in [-0.2, -0.15) is 0 Å². The Labute approximate surface area is 126 Å². The van der Waals surface area contributed by atoms with E-state index in [1.54, 1.807) is 0 Å². The highest BCUT2D eigenvalue weighted by Crippen LogP contribution is 2.25. The molecule has 21 heavy (non-hydrogen) atoms. The minimum Gasteiger partial charge on any atom is -0.334 e. The van der Waals surface area contributed by atoms with Crippen LogP contribution in [0.3, 0.4) is 0 Å². The summed E-state index contributed by atoms with van der Waals surface area (Å²) in [5.41, 5.74) is 2.80. The first-order chi connectivity index (χ1) is 10.1. The molecule has 6 heteroatoms. The Morgan fingerprint density at radius 2 is 2.14 bits per heavy atom. The summed E-state index contributed by atoms with van der Waals surface area (Å²) in [7, 11) is 0. The molecule has 1 heterocycles. The van der Waals surface area contributed by atoms with Gasteiger partial charge in [-0.3, -0.25) is 9.78 Å². The average Bonchev–Trinajstić information content (AvgIpc) is 3.01. The molecule has 0 aromatic carbocycles. The zero-order valence-electron chi connectivity index (χ0n) is 12.9. The van der Waals surface area contributed by atoms with E-state index < -0.39 is 0 Å². The molecule has 0 radical (unpaired) electrons. The van der Waals surface area contributed by atoms with E-state index in [0.717, 1.165) is 25.8 Å². The van der Waals surface area contributed by atoms with Gasteiger partial charge in [0.1, 0.15) is 5.69 Å². The second kappa shape index (κ2) is 7.36. The van der Waals surface area contributed by atoms with Crippen molar-refractivity contribution in [3.05, 3.63) is 18.1 Å². The third-order valence-corrected chi connectivity index (χ3v) is 3.98. The largest absolute Gasteiger partial charge is 0.334 e. The van der Waals surface area contributed by atoms with Gasteiger partial charge in [0, 0.05) is 12.6 Å². The fraction of sp³-hybridized carbons (Fsp3) is 0.667. The van der Waals surface area contributed by atoms with E-state index >= 15 is 0 Å². The van der Waals surface area contributed by atoms with Gasteiger partial charge in [-0.25, -0.2) is 10.8 Å². The van der Waals surface area contributed by atoms with Gasteiger partial charge in [0.2, 0.25) is 0 Å². The smallest absolute Gasteiger partial charge is 0.274 e. The molecule has 0 aliphatic heterocycles. The van der Waals surface area contributed by atoms with Crippen molar-refractivity contribution in [2.75, 3.05) is 12.0 Å². The fourth-order valence-corrected chi connectivity index (χ4v) is 2.75. The second-order valence-electron chi connectivity index (χ2n) is 6.05. The fourth-order valence-electron chi connectivity index (χ4n) is 2.75. The number of hydrazine groups is 1. The van der Waals surface area contributed by atoms with E-state index in [4.69, 9.17) is 5.84 Å². The number of hydrogen-bond acceptors (Lipinski definition) is 5. The zero-order chi connectivity index (χ0) is 15.2. The lowest BCUT2D eigenvalue weighted by atomic mass is 10.1. The highest BCUT2D eigenvalue weighted by molar-refractivity contribution is 5.92. The number of nitrogens with two attached hydrogens (primary N) is 1. The molecule has 1 aliphatic rings. The molecule has 3 N–H and O–H groups in total. The molecule has 0 unspecified atom stereocenters. The number of nitrogens with zero attached hydrogens (tertiary/aromatic N) is 3. The number of rotatable bonds is 6. The van der Waals surface area contributed by atoms with Crippen LogP contribution in [0.4, 0.5) is 5.82 Å². The number of carbonyl (C=O) groups is 1. The molecule has 1 aliphatic carbocycles. The summed E-state index contributed by atoms with van der Waals surface area (Å²) in [5.74, 6) is 6.29. The first-order valence-electron chi connectivity index (χ1n) is 7.71. The van der Waals surface area contributed by atoms with Crippen LogP contribution in [0.5, 0.6) is 0 Å². The molecule has 0 saturated heterocycles. The minimum absolute atomic E-state index is 0.0350. The van der Waals surface area contributed by atoms with E-state index in [0.29, 0.717) is 23.5 Å². The third-order valence-electron chi connectivity index (χ3n) is 3.98. The van der Waals surface area contributed by atoms with Crippen molar-refractivity contribution in [2.24, 2.45) is 11.8 Å². The van der Waals surface area contributed by atoms with Crippen LogP contribution < -0.4 is 11.3 Å². The topological polar surface area (TPSA) is 84.1 Å². The molecular weight excluding hydrogens is 266 g/mol. The number of amides is 1. The summed E-state index contributed by atoms with van der Waals surface area (Å²) in [6.45, 7) is 5.13. The van der Waals surface area contributed by atoms with Crippen LogP contribution in [-0.4, -0.2) is 33.4 Å². The van der Waals surface area contributed by atoms with E-state index in [9.17, 15) is 4.79 Å². The molecule has 1 aromatic heterocycles. The normalized spacial score (nSPS) is 15.4. The molecule has 2 rings (SSSR count). The predicted octanol–water partition coefficient (Wildman–Crippen LogP) is 2.19. The Hall–Kier alpha value is -1.69. The SMILES string of the molecule is CC(C)CCN(C(=O)c1cncc(NN)n1)C1CCCC1. The van der Waals surface area contributed by atoms with Crippen LogP contribution in [0.1, 0.15) is 56.4 Å². The maximum absolute atomic E-state index is 12.8. The van der Waals surface area contributed by atoms with Crippen LogP contribution in [0.15, 0.2) is 12.4 Å². The van der Waals surface area contributed by atoms with Crippen LogP contribution in [0.2, 0.25) is 0 Å². The van der Waals surface area contributed by atoms with Crippen molar-refractivity contribution in [1.82, 2.24) is 14.9 Å². The lowest BCUT2D eigenvalue weighted by Gasteiger charge is -2.29. The Morgan fingerprint density at radius 3 is 2.76 bits per heavy atom. The standard InChI is InChI=1S/C15H25N5O/c1-11(2)7-8-20(12-5-3-4-6-12)15(21)13-9-17-10-14(18-13)19-16/h9-12H,3-8,16H2,1-2H3,(H,18,19). The number of carbonyl (C=O) groups excluding carboxylic acids is 1. The van der Waals surface area contributed by atoms with Gasteiger partial charge >= 0.3 is 0 Å². The molecule has 116 valence electrons. The van der Waals surface area contributed by atoms with Gasteiger partial charge in [0.25, 0.3) is 5.91 Å². The van der Waals surface area contributed by atoms with Gasteiger partial charge in [-0.15, -0.1) is 0 Å². The predicted molar refractivity (Wildman–Crippen MR) is 82.6 cm³/mol. The molecular formula is C15H25N5O. The van der Waals surface area contributed by atoms with Crippen LogP contribution in [0, 0.1) is 5.92 Å².